The maximum Gasteiger partial charge on any atom is 0.354 e. The monoisotopic (exact) mass is 379 g/mol. The number of carbonyl (C=O) groups excluding carboxylic acids is 1. The van der Waals surface area contributed by atoms with Crippen molar-refractivity contribution in [1.82, 2.24) is 10.6 Å². The van der Waals surface area contributed by atoms with Crippen molar-refractivity contribution in [2.45, 2.75) is 30.6 Å². The maximum absolute atomic E-state index is 13.8. The number of nitrogens with one attached hydrogen (secondary N) is 2. The normalized spacial score (nSPS) is 17.9. The molecule has 2 atom stereocenters. The number of amides is 1. The molecule has 0 bridgehead atoms. The van der Waals surface area contributed by atoms with Gasteiger partial charge in [-0.05, 0) is 6.07 Å². The van der Waals surface area contributed by atoms with E-state index in [1.807, 2.05) is 0 Å². The predicted molar refractivity (Wildman–Crippen MR) is 83.0 cm³/mol. The van der Waals surface area contributed by atoms with Crippen LogP contribution in [0.15, 0.2) is 17.0 Å². The van der Waals surface area contributed by atoms with Crippen molar-refractivity contribution in [3.8, 4) is 0 Å². The molecule has 0 saturated carbocycles. The highest BCUT2D eigenvalue weighted by atomic mass is 32.2. The molecule has 1 aromatic rings. The highest BCUT2D eigenvalue weighted by Gasteiger charge is 2.42. The van der Waals surface area contributed by atoms with E-state index in [9.17, 15) is 28.0 Å². The van der Waals surface area contributed by atoms with Crippen molar-refractivity contribution in [3.63, 3.8) is 0 Å². The van der Waals surface area contributed by atoms with Gasteiger partial charge < -0.3 is 15.5 Å². The molecule has 1 heterocycles. The minimum Gasteiger partial charge on any atom is -0.480 e. The number of carboxylic acid groups (broad SMARTS) is 1. The molecule has 0 spiro atoms. The predicted octanol–water partition coefficient (Wildman–Crippen LogP) is 0.416. The summed E-state index contributed by atoms with van der Waals surface area (Å²) in [6, 6.07) is 2.27. The zero-order valence-corrected chi connectivity index (χ0v) is 13.9. The summed E-state index contributed by atoms with van der Waals surface area (Å²) in [5.74, 6) is -5.18. The molecule has 0 saturated heterocycles. The lowest BCUT2D eigenvalue weighted by molar-refractivity contribution is -0.136. The van der Waals surface area contributed by atoms with Gasteiger partial charge in [-0.15, -0.1) is 8.74 Å². The summed E-state index contributed by atoms with van der Waals surface area (Å²) >= 11 is -1.68. The molecule has 0 aromatic heterocycles. The lowest BCUT2D eigenvalue weighted by atomic mass is 9.99. The lowest BCUT2D eigenvalue weighted by Gasteiger charge is -2.15. The molecule has 138 valence electrons. The van der Waals surface area contributed by atoms with Gasteiger partial charge in [-0.25, -0.2) is 8.78 Å². The number of hydrogen-bond acceptors (Lipinski definition) is 6. The smallest absolute Gasteiger partial charge is 0.354 e. The number of carbonyl (C=O) groups is 2. The van der Waals surface area contributed by atoms with E-state index in [2.05, 4.69) is 10.6 Å². The van der Waals surface area contributed by atoms with Crippen LogP contribution in [0.2, 0.25) is 0 Å². The Hall–Kier alpha value is -1.79. The number of carboxylic acids is 1. The van der Waals surface area contributed by atoms with Gasteiger partial charge in [0.05, 0.1) is 18.7 Å². The zero-order chi connectivity index (χ0) is 18.8. The molecule has 0 radical (unpaired) electrons. The summed E-state index contributed by atoms with van der Waals surface area (Å²) in [5.41, 5.74) is -0.389. The van der Waals surface area contributed by atoms with Crippen molar-refractivity contribution in [1.29, 1.82) is 0 Å². The van der Waals surface area contributed by atoms with Crippen LogP contribution in [0.3, 0.4) is 0 Å². The molecule has 2 rings (SSSR count). The Balaban J connectivity index is 2.15. The van der Waals surface area contributed by atoms with E-state index in [1.165, 1.54) is 6.07 Å². The fourth-order valence-electron chi connectivity index (χ4n) is 2.22. The van der Waals surface area contributed by atoms with Gasteiger partial charge in [0, 0.05) is 24.1 Å². The molecule has 1 aliphatic rings. The van der Waals surface area contributed by atoms with Gasteiger partial charge in [-0.3, -0.25) is 14.9 Å². The van der Waals surface area contributed by atoms with Crippen LogP contribution >= 0.6 is 0 Å². The number of rotatable bonds is 7. The molecule has 2 unspecified atom stereocenters. The van der Waals surface area contributed by atoms with Gasteiger partial charge in [-0.1, -0.05) is 0 Å². The zero-order valence-electron chi connectivity index (χ0n) is 13.1. The van der Waals surface area contributed by atoms with Gasteiger partial charge in [0.1, 0.15) is 12.8 Å². The Labute approximate surface area is 144 Å². The fraction of sp³-hybridized carbons (Fsp3) is 0.429. The van der Waals surface area contributed by atoms with Crippen molar-refractivity contribution < 1.29 is 37.3 Å². The van der Waals surface area contributed by atoms with E-state index in [1.54, 1.807) is 0 Å². The van der Waals surface area contributed by atoms with E-state index in [0.29, 0.717) is 6.92 Å². The fourth-order valence-corrected chi connectivity index (χ4v) is 3.18. The summed E-state index contributed by atoms with van der Waals surface area (Å²) in [5, 5.41) is 22.5. The van der Waals surface area contributed by atoms with Crippen LogP contribution in [-0.4, -0.2) is 46.0 Å². The Bertz CT molecular complexity index is 682. The molecule has 0 aliphatic carbocycles. The number of benzene rings is 1. The number of aliphatic carboxylic acids is 1. The SMILES string of the molecule is CC(F)(F)c1cc(C(=O)NCC(O)NCC(=O)O)cc2c1CO[S+]2O. The highest BCUT2D eigenvalue weighted by Crippen LogP contribution is 2.38. The molecule has 8 nitrogen and oxygen atoms in total. The Kier molecular flexibility index (Phi) is 5.95. The van der Waals surface area contributed by atoms with E-state index in [-0.39, 0.29) is 29.2 Å². The number of hydrogen-bond donors (Lipinski definition) is 5. The maximum atomic E-state index is 13.8. The summed E-state index contributed by atoms with van der Waals surface area (Å²) in [6.45, 7) is -0.333. The number of aliphatic hydroxyl groups is 1. The van der Waals surface area contributed by atoms with E-state index in [0.717, 1.165) is 6.07 Å². The summed E-state index contributed by atoms with van der Waals surface area (Å²) in [7, 11) is 0. The second-order valence-corrected chi connectivity index (χ2v) is 6.57. The van der Waals surface area contributed by atoms with Crippen molar-refractivity contribution in [2.24, 2.45) is 0 Å². The van der Waals surface area contributed by atoms with Gasteiger partial charge in [-0.2, -0.15) is 0 Å². The van der Waals surface area contributed by atoms with Crippen LogP contribution in [0.1, 0.15) is 28.4 Å². The molecule has 25 heavy (non-hydrogen) atoms. The molecule has 0 fully saturated rings. The molecule has 1 amide bonds. The summed E-state index contributed by atoms with van der Waals surface area (Å²) in [6.07, 6.45) is -1.32. The average molecular weight is 379 g/mol. The minimum absolute atomic E-state index is 0.119. The first-order valence-electron chi connectivity index (χ1n) is 7.13. The van der Waals surface area contributed by atoms with Crippen molar-refractivity contribution in [2.75, 3.05) is 13.1 Å². The molecular formula is C14H17F2N2O6S+. The van der Waals surface area contributed by atoms with Crippen LogP contribution in [0.4, 0.5) is 8.78 Å². The van der Waals surface area contributed by atoms with Gasteiger partial charge in [0.2, 0.25) is 4.90 Å². The average Bonchev–Trinajstić information content (AvgIpc) is 2.90. The lowest BCUT2D eigenvalue weighted by Crippen LogP contribution is -2.42. The largest absolute Gasteiger partial charge is 0.480 e. The Morgan fingerprint density at radius 2 is 2.12 bits per heavy atom. The molecule has 5 N–H and O–H groups in total. The van der Waals surface area contributed by atoms with E-state index < -0.39 is 47.6 Å². The first kappa shape index (κ1) is 19.5. The van der Waals surface area contributed by atoms with Crippen LogP contribution in [0, 0.1) is 0 Å². The first-order valence-corrected chi connectivity index (χ1v) is 8.23. The number of halogens is 2. The van der Waals surface area contributed by atoms with Gasteiger partial charge >= 0.3 is 17.4 Å². The highest BCUT2D eigenvalue weighted by molar-refractivity contribution is 7.87. The van der Waals surface area contributed by atoms with E-state index in [4.69, 9.17) is 9.29 Å². The second-order valence-electron chi connectivity index (χ2n) is 5.40. The van der Waals surface area contributed by atoms with Crippen LogP contribution in [-0.2, 0) is 33.0 Å². The van der Waals surface area contributed by atoms with Crippen LogP contribution in [0.5, 0.6) is 0 Å². The van der Waals surface area contributed by atoms with E-state index >= 15 is 0 Å². The molecule has 1 aromatic carbocycles. The number of fused-ring (bicyclic) bond motifs is 1. The minimum atomic E-state index is -3.24. The standard InChI is InChI=1S/C14H16F2N2O6S/c1-14(15,16)9-2-7(3-10-8(9)6-24-25(10)23)13(22)18-4-11(19)17-5-12(20)21/h2-3,11,17,19,23H,4-6H2,1H3,(H-,18,20,21,22)/p+1. The third-order valence-electron chi connectivity index (χ3n) is 3.39. The summed E-state index contributed by atoms with van der Waals surface area (Å²) in [4.78, 5) is 22.6. The quantitative estimate of drug-likeness (QED) is 0.343. The molecular weight excluding hydrogens is 362 g/mol. The topological polar surface area (TPSA) is 128 Å². The van der Waals surface area contributed by atoms with Crippen molar-refractivity contribution >= 4 is 23.3 Å². The van der Waals surface area contributed by atoms with Gasteiger partial charge in [0.15, 0.2) is 0 Å². The van der Waals surface area contributed by atoms with Crippen molar-refractivity contribution in [3.05, 3.63) is 28.8 Å². The van der Waals surface area contributed by atoms with Crippen LogP contribution < -0.4 is 10.6 Å². The second kappa shape index (κ2) is 7.62. The first-order chi connectivity index (χ1) is 11.6. The third-order valence-corrected chi connectivity index (χ3v) is 4.47. The van der Waals surface area contributed by atoms with Gasteiger partial charge in [0.25, 0.3) is 11.8 Å². The Morgan fingerprint density at radius 3 is 2.72 bits per heavy atom. The Morgan fingerprint density at radius 1 is 1.44 bits per heavy atom. The number of aliphatic hydroxyl groups excluding tert-OH is 1. The van der Waals surface area contributed by atoms with Crippen LogP contribution in [0.25, 0.3) is 0 Å². The summed E-state index contributed by atoms with van der Waals surface area (Å²) < 4.78 is 42.3. The molecule has 1 aliphatic heterocycles. The third kappa shape index (κ3) is 4.86. The number of alkyl halides is 2. The molecule has 11 heteroatoms.